The lowest BCUT2D eigenvalue weighted by molar-refractivity contribution is -0.123. The summed E-state index contributed by atoms with van der Waals surface area (Å²) in [5.41, 5.74) is 3.18. The van der Waals surface area contributed by atoms with Crippen LogP contribution in [0.15, 0.2) is 47.6 Å². The highest BCUT2D eigenvalue weighted by Crippen LogP contribution is 2.24. The molecule has 7 heteroatoms. The first-order valence-corrected chi connectivity index (χ1v) is 9.60. The molecule has 0 aliphatic rings. The molecule has 0 spiro atoms. The smallest absolute Gasteiger partial charge is 0.277 e. The van der Waals surface area contributed by atoms with Crippen molar-refractivity contribution in [2.75, 3.05) is 19.8 Å². The van der Waals surface area contributed by atoms with Gasteiger partial charge in [0.15, 0.2) is 6.61 Å². The van der Waals surface area contributed by atoms with Crippen LogP contribution in [0.2, 0.25) is 5.02 Å². The van der Waals surface area contributed by atoms with E-state index in [1.807, 2.05) is 25.1 Å². The van der Waals surface area contributed by atoms with E-state index < -0.39 is 0 Å². The highest BCUT2D eigenvalue weighted by atomic mass is 35.5. The van der Waals surface area contributed by atoms with E-state index in [0.717, 1.165) is 24.2 Å². The Kier molecular flexibility index (Phi) is 9.15. The molecule has 0 saturated heterocycles. The Bertz CT molecular complexity index is 778. The van der Waals surface area contributed by atoms with Crippen molar-refractivity contribution in [1.82, 2.24) is 5.43 Å². The molecular weight excluding hydrogens is 380 g/mol. The number of carbonyl (C=O) groups is 1. The van der Waals surface area contributed by atoms with Gasteiger partial charge in [-0.3, -0.25) is 4.79 Å². The summed E-state index contributed by atoms with van der Waals surface area (Å²) >= 11 is 5.81. The molecule has 0 saturated carbocycles. The average molecular weight is 405 g/mol. The predicted molar refractivity (Wildman–Crippen MR) is 111 cm³/mol. The lowest BCUT2D eigenvalue weighted by Crippen LogP contribution is -2.24. The molecule has 1 N–H and O–H groups in total. The molecule has 0 bridgehead atoms. The number of ether oxygens (including phenoxy) is 3. The maximum atomic E-state index is 11.9. The van der Waals surface area contributed by atoms with Gasteiger partial charge in [-0.1, -0.05) is 25.4 Å². The standard InChI is InChI=1S/C21H25ClN2O4/c1-3-11-26-19-8-5-16(20(13-19)27-12-4-2)14-23-24-21(25)15-28-18-9-6-17(22)7-10-18/h5-10,13-14H,3-4,11-12,15H2,1-2H3,(H,24,25)/b23-14+. The first-order valence-electron chi connectivity index (χ1n) is 9.22. The first-order chi connectivity index (χ1) is 13.6. The molecule has 0 atom stereocenters. The van der Waals surface area contributed by atoms with Crippen molar-refractivity contribution in [2.24, 2.45) is 5.10 Å². The minimum Gasteiger partial charge on any atom is -0.493 e. The minimum absolute atomic E-state index is 0.151. The molecule has 150 valence electrons. The zero-order valence-electron chi connectivity index (χ0n) is 16.1. The van der Waals surface area contributed by atoms with Crippen LogP contribution < -0.4 is 19.6 Å². The number of rotatable bonds is 11. The quantitative estimate of drug-likeness (QED) is 0.444. The van der Waals surface area contributed by atoms with Gasteiger partial charge in [0.2, 0.25) is 0 Å². The van der Waals surface area contributed by atoms with Crippen LogP contribution in [0, 0.1) is 0 Å². The van der Waals surface area contributed by atoms with E-state index in [1.54, 1.807) is 24.3 Å². The predicted octanol–water partition coefficient (Wildman–Crippen LogP) is 4.45. The SMILES string of the molecule is CCCOc1ccc(/C=N/NC(=O)COc2ccc(Cl)cc2)c(OCCC)c1. The van der Waals surface area contributed by atoms with Gasteiger partial charge in [-0.2, -0.15) is 5.10 Å². The molecule has 28 heavy (non-hydrogen) atoms. The van der Waals surface area contributed by atoms with Crippen LogP contribution in [-0.4, -0.2) is 31.9 Å². The van der Waals surface area contributed by atoms with Crippen LogP contribution in [-0.2, 0) is 4.79 Å². The summed E-state index contributed by atoms with van der Waals surface area (Å²) in [4.78, 5) is 11.9. The van der Waals surface area contributed by atoms with Gasteiger partial charge in [0, 0.05) is 16.7 Å². The van der Waals surface area contributed by atoms with Crippen molar-refractivity contribution in [3.63, 3.8) is 0 Å². The molecule has 2 rings (SSSR count). The molecule has 0 fully saturated rings. The second-order valence-corrected chi connectivity index (χ2v) is 6.37. The van der Waals surface area contributed by atoms with E-state index in [4.69, 9.17) is 25.8 Å². The third-order valence-corrected chi connectivity index (χ3v) is 3.75. The van der Waals surface area contributed by atoms with Gasteiger partial charge in [-0.15, -0.1) is 0 Å². The summed E-state index contributed by atoms with van der Waals surface area (Å²) < 4.78 is 16.8. The number of nitrogens with one attached hydrogen (secondary N) is 1. The number of halogens is 1. The lowest BCUT2D eigenvalue weighted by atomic mass is 10.2. The maximum absolute atomic E-state index is 11.9. The van der Waals surface area contributed by atoms with Crippen molar-refractivity contribution in [2.45, 2.75) is 26.7 Å². The summed E-state index contributed by atoms with van der Waals surface area (Å²) in [6, 6.07) is 12.3. The Hall–Kier alpha value is -2.73. The van der Waals surface area contributed by atoms with E-state index in [-0.39, 0.29) is 12.5 Å². The lowest BCUT2D eigenvalue weighted by Gasteiger charge is -2.11. The molecule has 0 aliphatic carbocycles. The fourth-order valence-electron chi connectivity index (χ4n) is 2.15. The number of hydrogen-bond donors (Lipinski definition) is 1. The number of nitrogens with zero attached hydrogens (tertiary/aromatic N) is 1. The minimum atomic E-state index is -0.370. The topological polar surface area (TPSA) is 69.2 Å². The fourth-order valence-corrected chi connectivity index (χ4v) is 2.28. The summed E-state index contributed by atoms with van der Waals surface area (Å²) in [5.74, 6) is 1.59. The van der Waals surface area contributed by atoms with E-state index in [9.17, 15) is 4.79 Å². The average Bonchev–Trinajstić information content (AvgIpc) is 2.71. The fraction of sp³-hybridized carbons (Fsp3) is 0.333. The number of hydrazone groups is 1. The molecule has 1 amide bonds. The van der Waals surface area contributed by atoms with Gasteiger partial charge < -0.3 is 14.2 Å². The van der Waals surface area contributed by atoms with E-state index in [1.165, 1.54) is 6.21 Å². The normalized spacial score (nSPS) is 10.7. The monoisotopic (exact) mass is 404 g/mol. The Balaban J connectivity index is 1.91. The summed E-state index contributed by atoms with van der Waals surface area (Å²) in [7, 11) is 0. The van der Waals surface area contributed by atoms with E-state index in [2.05, 4.69) is 17.5 Å². The highest BCUT2D eigenvalue weighted by molar-refractivity contribution is 6.30. The van der Waals surface area contributed by atoms with Gasteiger partial charge in [0.05, 0.1) is 19.4 Å². The van der Waals surface area contributed by atoms with Gasteiger partial charge >= 0.3 is 0 Å². The summed E-state index contributed by atoms with van der Waals surface area (Å²) in [6.07, 6.45) is 3.35. The van der Waals surface area contributed by atoms with Gasteiger partial charge in [-0.05, 0) is 49.2 Å². The molecule has 2 aromatic rings. The Morgan fingerprint density at radius 1 is 1.00 bits per heavy atom. The van der Waals surface area contributed by atoms with E-state index >= 15 is 0 Å². The maximum Gasteiger partial charge on any atom is 0.277 e. The summed E-state index contributed by atoms with van der Waals surface area (Å²) in [5, 5.41) is 4.59. The van der Waals surface area contributed by atoms with Gasteiger partial charge in [0.25, 0.3) is 5.91 Å². The van der Waals surface area contributed by atoms with Crippen molar-refractivity contribution < 1.29 is 19.0 Å². The van der Waals surface area contributed by atoms with Crippen molar-refractivity contribution in [1.29, 1.82) is 0 Å². The molecule has 0 unspecified atom stereocenters. The van der Waals surface area contributed by atoms with Gasteiger partial charge in [0.1, 0.15) is 17.2 Å². The molecule has 0 aliphatic heterocycles. The Labute approximate surface area is 170 Å². The molecule has 2 aromatic carbocycles. The molecule has 0 aromatic heterocycles. The second-order valence-electron chi connectivity index (χ2n) is 5.93. The number of hydrogen-bond acceptors (Lipinski definition) is 5. The number of amides is 1. The van der Waals surface area contributed by atoms with Crippen molar-refractivity contribution in [3.8, 4) is 17.2 Å². The molecular formula is C21H25ClN2O4. The van der Waals surface area contributed by atoms with Crippen LogP contribution >= 0.6 is 11.6 Å². The highest BCUT2D eigenvalue weighted by Gasteiger charge is 2.06. The summed E-state index contributed by atoms with van der Waals surface area (Å²) in [6.45, 7) is 5.16. The number of carbonyl (C=O) groups excluding carboxylic acids is 1. The Morgan fingerprint density at radius 3 is 2.39 bits per heavy atom. The first kappa shape index (κ1) is 21.6. The number of benzene rings is 2. The van der Waals surface area contributed by atoms with Crippen LogP contribution in [0.4, 0.5) is 0 Å². The molecule has 0 radical (unpaired) electrons. The third kappa shape index (κ3) is 7.48. The van der Waals surface area contributed by atoms with Crippen molar-refractivity contribution >= 4 is 23.7 Å². The van der Waals surface area contributed by atoms with Gasteiger partial charge in [-0.25, -0.2) is 5.43 Å². The van der Waals surface area contributed by atoms with Crippen LogP contribution in [0.5, 0.6) is 17.2 Å². The zero-order chi connectivity index (χ0) is 20.2. The third-order valence-electron chi connectivity index (χ3n) is 3.50. The largest absolute Gasteiger partial charge is 0.493 e. The molecule has 0 heterocycles. The molecule has 6 nitrogen and oxygen atoms in total. The van der Waals surface area contributed by atoms with Crippen LogP contribution in [0.25, 0.3) is 0 Å². The second kappa shape index (κ2) is 11.9. The Morgan fingerprint density at radius 2 is 1.68 bits per heavy atom. The van der Waals surface area contributed by atoms with Crippen LogP contribution in [0.1, 0.15) is 32.3 Å². The zero-order valence-corrected chi connectivity index (χ0v) is 16.9. The van der Waals surface area contributed by atoms with E-state index in [0.29, 0.717) is 29.7 Å². The van der Waals surface area contributed by atoms with Crippen LogP contribution in [0.3, 0.4) is 0 Å². The van der Waals surface area contributed by atoms with Crippen molar-refractivity contribution in [3.05, 3.63) is 53.1 Å².